The fourth-order valence-corrected chi connectivity index (χ4v) is 4.19. The molecule has 0 aromatic heterocycles. The van der Waals surface area contributed by atoms with E-state index in [1.54, 1.807) is 0 Å². The number of aliphatic hydroxyl groups is 1. The average molecular weight is 222 g/mol. The standard InChI is InChI=1S/C14H22O2/c1-10(8-15)12-5-6-13-11(9-16)4-3-7-14(12,13)2/h8-10,12-13,16H,3-7H2,1-2H3/b11-9+/t10-,12?,13?,14?/m1/s1. The van der Waals surface area contributed by atoms with E-state index in [4.69, 9.17) is 0 Å². The Morgan fingerprint density at radius 3 is 2.88 bits per heavy atom. The molecule has 2 rings (SSSR count). The molecule has 2 saturated carbocycles. The van der Waals surface area contributed by atoms with E-state index in [0.29, 0.717) is 11.8 Å². The molecule has 0 bridgehead atoms. The van der Waals surface area contributed by atoms with Gasteiger partial charge >= 0.3 is 0 Å². The minimum absolute atomic E-state index is 0.160. The summed E-state index contributed by atoms with van der Waals surface area (Å²) in [6, 6.07) is 0. The van der Waals surface area contributed by atoms with Crippen molar-refractivity contribution >= 4 is 6.29 Å². The van der Waals surface area contributed by atoms with Crippen LogP contribution in [0.25, 0.3) is 0 Å². The largest absolute Gasteiger partial charge is 0.516 e. The number of aliphatic hydroxyl groups excluding tert-OH is 1. The quantitative estimate of drug-likeness (QED) is 0.573. The number of aldehydes is 1. The molecule has 0 radical (unpaired) electrons. The van der Waals surface area contributed by atoms with E-state index in [1.807, 2.05) is 6.92 Å². The van der Waals surface area contributed by atoms with Crippen molar-refractivity contribution in [3.05, 3.63) is 11.8 Å². The van der Waals surface area contributed by atoms with Gasteiger partial charge in [-0.05, 0) is 54.9 Å². The van der Waals surface area contributed by atoms with Crippen molar-refractivity contribution in [1.82, 2.24) is 0 Å². The SMILES string of the molecule is C[C@H](C=O)C1CCC2/C(=C/O)CCCC21C. The third kappa shape index (κ3) is 1.59. The Balaban J connectivity index is 2.27. The van der Waals surface area contributed by atoms with Crippen LogP contribution in [0.1, 0.15) is 46.0 Å². The molecule has 0 aromatic carbocycles. The van der Waals surface area contributed by atoms with Gasteiger partial charge in [0.25, 0.3) is 0 Å². The smallest absolute Gasteiger partial charge is 0.123 e. The number of hydrogen-bond donors (Lipinski definition) is 1. The molecular weight excluding hydrogens is 200 g/mol. The molecule has 0 spiro atoms. The molecule has 2 aliphatic rings. The molecule has 1 N–H and O–H groups in total. The molecular formula is C14H22O2. The van der Waals surface area contributed by atoms with Crippen LogP contribution in [-0.4, -0.2) is 11.4 Å². The van der Waals surface area contributed by atoms with Gasteiger partial charge in [0, 0.05) is 5.92 Å². The maximum absolute atomic E-state index is 11.0. The maximum Gasteiger partial charge on any atom is 0.123 e. The lowest BCUT2D eigenvalue weighted by Crippen LogP contribution is -2.36. The predicted octanol–water partition coefficient (Wildman–Crippen LogP) is 3.48. The summed E-state index contributed by atoms with van der Waals surface area (Å²) in [4.78, 5) is 11.0. The summed E-state index contributed by atoms with van der Waals surface area (Å²) in [5.74, 6) is 1.18. The van der Waals surface area contributed by atoms with Gasteiger partial charge in [0.15, 0.2) is 0 Å². The number of hydrogen-bond acceptors (Lipinski definition) is 2. The Labute approximate surface area is 97.7 Å². The Kier molecular flexibility index (Phi) is 3.09. The molecule has 0 amide bonds. The summed E-state index contributed by atoms with van der Waals surface area (Å²) in [5.41, 5.74) is 1.46. The van der Waals surface area contributed by atoms with Gasteiger partial charge in [-0.25, -0.2) is 0 Å². The van der Waals surface area contributed by atoms with E-state index in [2.05, 4.69) is 6.92 Å². The molecule has 4 atom stereocenters. The summed E-state index contributed by atoms with van der Waals surface area (Å²) in [7, 11) is 0. The first kappa shape index (κ1) is 11.7. The molecule has 16 heavy (non-hydrogen) atoms. The molecule has 0 aliphatic heterocycles. The highest BCUT2D eigenvalue weighted by atomic mass is 16.2. The third-order valence-corrected chi connectivity index (χ3v) is 5.05. The van der Waals surface area contributed by atoms with Crippen molar-refractivity contribution in [1.29, 1.82) is 0 Å². The first-order valence-electron chi connectivity index (χ1n) is 6.42. The van der Waals surface area contributed by atoms with E-state index >= 15 is 0 Å². The van der Waals surface area contributed by atoms with Gasteiger partial charge in [-0.15, -0.1) is 0 Å². The molecule has 90 valence electrons. The molecule has 2 heteroatoms. The van der Waals surface area contributed by atoms with Crippen LogP contribution in [0.3, 0.4) is 0 Å². The number of carbonyl (C=O) groups excluding carboxylic acids is 1. The van der Waals surface area contributed by atoms with E-state index in [0.717, 1.165) is 32.0 Å². The molecule has 0 saturated heterocycles. The first-order chi connectivity index (χ1) is 7.63. The lowest BCUT2D eigenvalue weighted by molar-refractivity contribution is -0.113. The third-order valence-electron chi connectivity index (χ3n) is 5.05. The van der Waals surface area contributed by atoms with Gasteiger partial charge < -0.3 is 9.90 Å². The number of carbonyl (C=O) groups is 1. The van der Waals surface area contributed by atoms with Crippen LogP contribution in [0.5, 0.6) is 0 Å². The molecule has 2 fully saturated rings. The second kappa shape index (κ2) is 4.23. The Morgan fingerprint density at radius 1 is 1.50 bits per heavy atom. The second-order valence-electron chi connectivity index (χ2n) is 5.80. The van der Waals surface area contributed by atoms with Gasteiger partial charge in [-0.2, -0.15) is 0 Å². The fraction of sp³-hybridized carbons (Fsp3) is 0.786. The van der Waals surface area contributed by atoms with Gasteiger partial charge in [0.05, 0.1) is 6.26 Å². The minimum atomic E-state index is 0.160. The Morgan fingerprint density at radius 2 is 2.25 bits per heavy atom. The van der Waals surface area contributed by atoms with Crippen LogP contribution in [-0.2, 0) is 4.79 Å². The summed E-state index contributed by atoms with van der Waals surface area (Å²) in [5, 5.41) is 9.30. The average Bonchev–Trinajstić information content (AvgIpc) is 2.64. The lowest BCUT2D eigenvalue weighted by Gasteiger charge is -2.43. The second-order valence-corrected chi connectivity index (χ2v) is 5.80. The monoisotopic (exact) mass is 222 g/mol. The first-order valence-corrected chi connectivity index (χ1v) is 6.42. The Hall–Kier alpha value is -0.790. The number of rotatable bonds is 2. The minimum Gasteiger partial charge on any atom is -0.516 e. The molecule has 0 heterocycles. The van der Waals surface area contributed by atoms with Gasteiger partial charge in [-0.3, -0.25) is 0 Å². The number of allylic oxidation sites excluding steroid dienone is 1. The summed E-state index contributed by atoms with van der Waals surface area (Å²) in [6.45, 7) is 4.36. The van der Waals surface area contributed by atoms with Crippen LogP contribution in [0.4, 0.5) is 0 Å². The highest BCUT2D eigenvalue weighted by Gasteiger charge is 2.50. The molecule has 3 unspecified atom stereocenters. The highest BCUT2D eigenvalue weighted by molar-refractivity contribution is 5.54. The van der Waals surface area contributed by atoms with Crippen molar-refractivity contribution in [2.75, 3.05) is 0 Å². The predicted molar refractivity (Wildman–Crippen MR) is 64.1 cm³/mol. The highest BCUT2D eigenvalue weighted by Crippen LogP contribution is 2.58. The van der Waals surface area contributed by atoms with Crippen molar-refractivity contribution in [3.8, 4) is 0 Å². The maximum atomic E-state index is 11.0. The summed E-state index contributed by atoms with van der Waals surface area (Å²) in [6.07, 6.45) is 8.12. The van der Waals surface area contributed by atoms with Crippen LogP contribution in [0.15, 0.2) is 11.8 Å². The van der Waals surface area contributed by atoms with Gasteiger partial charge in [0.2, 0.25) is 0 Å². The zero-order chi connectivity index (χ0) is 11.8. The van der Waals surface area contributed by atoms with E-state index in [9.17, 15) is 9.90 Å². The van der Waals surface area contributed by atoms with Crippen molar-refractivity contribution < 1.29 is 9.90 Å². The van der Waals surface area contributed by atoms with E-state index in [-0.39, 0.29) is 11.3 Å². The normalized spacial score (nSPS) is 43.0. The van der Waals surface area contributed by atoms with Crippen LogP contribution in [0.2, 0.25) is 0 Å². The van der Waals surface area contributed by atoms with Crippen LogP contribution >= 0.6 is 0 Å². The fourth-order valence-electron chi connectivity index (χ4n) is 4.19. The topological polar surface area (TPSA) is 37.3 Å². The number of fused-ring (bicyclic) bond motifs is 1. The molecule has 2 aliphatic carbocycles. The summed E-state index contributed by atoms with van der Waals surface area (Å²) >= 11 is 0. The van der Waals surface area contributed by atoms with Crippen LogP contribution in [0, 0.1) is 23.2 Å². The van der Waals surface area contributed by atoms with Crippen LogP contribution < -0.4 is 0 Å². The van der Waals surface area contributed by atoms with E-state index < -0.39 is 0 Å². The molecule has 2 nitrogen and oxygen atoms in total. The van der Waals surface area contributed by atoms with Gasteiger partial charge in [-0.1, -0.05) is 13.8 Å². The van der Waals surface area contributed by atoms with Gasteiger partial charge in [0.1, 0.15) is 6.29 Å². The van der Waals surface area contributed by atoms with Crippen molar-refractivity contribution in [2.45, 2.75) is 46.0 Å². The van der Waals surface area contributed by atoms with Crippen molar-refractivity contribution in [2.24, 2.45) is 23.2 Å². The van der Waals surface area contributed by atoms with E-state index in [1.165, 1.54) is 18.3 Å². The Bertz CT molecular complexity index is 308. The van der Waals surface area contributed by atoms with Crippen molar-refractivity contribution in [3.63, 3.8) is 0 Å². The summed E-state index contributed by atoms with van der Waals surface area (Å²) < 4.78 is 0. The lowest BCUT2D eigenvalue weighted by atomic mass is 9.61. The zero-order valence-corrected chi connectivity index (χ0v) is 10.3. The molecule has 0 aromatic rings. The zero-order valence-electron chi connectivity index (χ0n) is 10.3.